The molecule has 3 nitrogen and oxygen atoms in total. The van der Waals surface area contributed by atoms with Crippen molar-refractivity contribution in [1.82, 2.24) is 4.90 Å². The molecule has 2 rings (SSSR count). The van der Waals surface area contributed by atoms with Gasteiger partial charge in [0.25, 0.3) is 0 Å². The minimum Gasteiger partial charge on any atom is -0.467 e. The smallest absolute Gasteiger partial charge is 0.232 e. The molecule has 1 aromatic heterocycles. The maximum Gasteiger partial charge on any atom is 0.232 e. The number of aryl methyl sites for hydroxylation is 1. The number of hydrogen-bond acceptors (Lipinski definition) is 3. The number of amides is 1. The second-order valence-electron chi connectivity index (χ2n) is 4.75. The van der Waals surface area contributed by atoms with Crippen LogP contribution in [0, 0.1) is 6.92 Å². The highest BCUT2D eigenvalue weighted by atomic mass is 32.2. The van der Waals surface area contributed by atoms with Gasteiger partial charge >= 0.3 is 0 Å². The summed E-state index contributed by atoms with van der Waals surface area (Å²) >= 11 is 1.65. The fourth-order valence-electron chi connectivity index (χ4n) is 1.86. The Labute approximate surface area is 124 Å². The minimum atomic E-state index is 0.125. The predicted octanol–water partition coefficient (Wildman–Crippen LogP) is 3.48. The summed E-state index contributed by atoms with van der Waals surface area (Å²) in [4.78, 5) is 13.7. The summed E-state index contributed by atoms with van der Waals surface area (Å²) in [6, 6.07) is 12.0. The molecule has 0 aliphatic rings. The highest BCUT2D eigenvalue weighted by molar-refractivity contribution is 7.99. The molecule has 106 valence electrons. The molecule has 0 fully saturated rings. The molecule has 1 heterocycles. The summed E-state index contributed by atoms with van der Waals surface area (Å²) in [6.07, 6.45) is 1.63. The Bertz CT molecular complexity index is 551. The summed E-state index contributed by atoms with van der Waals surface area (Å²) in [6.45, 7) is 2.62. The molecule has 0 saturated heterocycles. The largest absolute Gasteiger partial charge is 0.467 e. The third kappa shape index (κ3) is 4.17. The van der Waals surface area contributed by atoms with Gasteiger partial charge in [-0.1, -0.05) is 24.3 Å². The number of nitrogens with zero attached hydrogens (tertiary/aromatic N) is 1. The van der Waals surface area contributed by atoms with Gasteiger partial charge in [0.2, 0.25) is 5.91 Å². The zero-order valence-corrected chi connectivity index (χ0v) is 12.7. The molecule has 1 aromatic carbocycles. The number of thioether (sulfide) groups is 1. The van der Waals surface area contributed by atoms with Crippen molar-refractivity contribution in [2.24, 2.45) is 0 Å². The molecule has 0 N–H and O–H groups in total. The number of carbonyl (C=O) groups is 1. The number of rotatable bonds is 6. The van der Waals surface area contributed by atoms with E-state index >= 15 is 0 Å². The first-order valence-electron chi connectivity index (χ1n) is 6.55. The Balaban J connectivity index is 1.76. The topological polar surface area (TPSA) is 33.5 Å². The molecule has 1 amide bonds. The van der Waals surface area contributed by atoms with Gasteiger partial charge in [-0.2, -0.15) is 0 Å². The second-order valence-corrected chi connectivity index (χ2v) is 5.73. The molecule has 0 spiro atoms. The molecule has 2 aromatic rings. The van der Waals surface area contributed by atoms with Crippen molar-refractivity contribution in [3.8, 4) is 0 Å². The lowest BCUT2D eigenvalue weighted by Gasteiger charge is -2.15. The summed E-state index contributed by atoms with van der Waals surface area (Å²) in [5, 5.41) is 0. The molecule has 0 saturated carbocycles. The van der Waals surface area contributed by atoms with Gasteiger partial charge in [-0.3, -0.25) is 4.79 Å². The fourth-order valence-corrected chi connectivity index (χ4v) is 2.90. The van der Waals surface area contributed by atoms with E-state index in [4.69, 9.17) is 4.42 Å². The van der Waals surface area contributed by atoms with Crippen LogP contribution in [0.5, 0.6) is 0 Å². The van der Waals surface area contributed by atoms with Crippen LogP contribution in [0.15, 0.2) is 47.1 Å². The summed E-state index contributed by atoms with van der Waals surface area (Å²) in [5.41, 5.74) is 2.57. The fraction of sp³-hybridized carbons (Fsp3) is 0.312. The average Bonchev–Trinajstić information content (AvgIpc) is 2.93. The molecule has 0 bridgehead atoms. The summed E-state index contributed by atoms with van der Waals surface area (Å²) in [7, 11) is 1.80. The van der Waals surface area contributed by atoms with E-state index < -0.39 is 0 Å². The van der Waals surface area contributed by atoms with Gasteiger partial charge in [-0.05, 0) is 30.2 Å². The lowest BCUT2D eigenvalue weighted by atomic mass is 10.1. The monoisotopic (exact) mass is 289 g/mol. The Morgan fingerprint density at radius 3 is 2.75 bits per heavy atom. The number of carbonyl (C=O) groups excluding carboxylic acids is 1. The van der Waals surface area contributed by atoms with Crippen LogP contribution in [0.1, 0.15) is 16.9 Å². The first kappa shape index (κ1) is 14.7. The number of benzene rings is 1. The van der Waals surface area contributed by atoms with Crippen LogP contribution in [0.2, 0.25) is 0 Å². The molecule has 0 aliphatic heterocycles. The SMILES string of the molecule is Cc1ccccc1CSCC(=O)N(C)Cc1ccco1. The lowest BCUT2D eigenvalue weighted by molar-refractivity contribution is -0.127. The highest BCUT2D eigenvalue weighted by Crippen LogP contribution is 2.16. The van der Waals surface area contributed by atoms with E-state index in [1.807, 2.05) is 24.3 Å². The zero-order valence-electron chi connectivity index (χ0n) is 11.8. The summed E-state index contributed by atoms with van der Waals surface area (Å²) < 4.78 is 5.24. The van der Waals surface area contributed by atoms with Crippen molar-refractivity contribution in [2.75, 3.05) is 12.8 Å². The van der Waals surface area contributed by atoms with Crippen LogP contribution < -0.4 is 0 Å². The van der Waals surface area contributed by atoms with Gasteiger partial charge in [0.05, 0.1) is 18.6 Å². The van der Waals surface area contributed by atoms with E-state index in [0.29, 0.717) is 12.3 Å². The van der Waals surface area contributed by atoms with Gasteiger partial charge in [0.1, 0.15) is 5.76 Å². The third-order valence-electron chi connectivity index (χ3n) is 3.14. The van der Waals surface area contributed by atoms with Crippen molar-refractivity contribution in [3.63, 3.8) is 0 Å². The van der Waals surface area contributed by atoms with Gasteiger partial charge < -0.3 is 9.32 Å². The maximum absolute atomic E-state index is 12.0. The van der Waals surface area contributed by atoms with Crippen LogP contribution in [0.3, 0.4) is 0 Å². The second kappa shape index (κ2) is 7.20. The Morgan fingerprint density at radius 2 is 2.05 bits per heavy atom. The normalized spacial score (nSPS) is 10.5. The Morgan fingerprint density at radius 1 is 1.25 bits per heavy atom. The van der Waals surface area contributed by atoms with E-state index in [0.717, 1.165) is 11.5 Å². The van der Waals surface area contributed by atoms with Crippen LogP contribution in [0.4, 0.5) is 0 Å². The van der Waals surface area contributed by atoms with Gasteiger partial charge in [0.15, 0.2) is 0 Å². The Hall–Kier alpha value is -1.68. The van der Waals surface area contributed by atoms with E-state index in [9.17, 15) is 4.79 Å². The van der Waals surface area contributed by atoms with Gasteiger partial charge in [-0.15, -0.1) is 11.8 Å². The van der Waals surface area contributed by atoms with Crippen molar-refractivity contribution >= 4 is 17.7 Å². The molecular formula is C16H19NO2S. The quantitative estimate of drug-likeness (QED) is 0.816. The first-order chi connectivity index (χ1) is 9.66. The minimum absolute atomic E-state index is 0.125. The predicted molar refractivity (Wildman–Crippen MR) is 82.5 cm³/mol. The van der Waals surface area contributed by atoms with E-state index in [2.05, 4.69) is 19.1 Å². The van der Waals surface area contributed by atoms with E-state index in [1.54, 1.807) is 30.0 Å². The molecule has 0 unspecified atom stereocenters. The van der Waals surface area contributed by atoms with Crippen LogP contribution >= 0.6 is 11.8 Å². The van der Waals surface area contributed by atoms with Crippen molar-refractivity contribution in [1.29, 1.82) is 0 Å². The van der Waals surface area contributed by atoms with Crippen molar-refractivity contribution in [3.05, 3.63) is 59.5 Å². The maximum atomic E-state index is 12.0. The number of hydrogen-bond donors (Lipinski definition) is 0. The molecule has 4 heteroatoms. The zero-order chi connectivity index (χ0) is 14.4. The van der Waals surface area contributed by atoms with Crippen LogP contribution in [0.25, 0.3) is 0 Å². The van der Waals surface area contributed by atoms with Crippen molar-refractivity contribution < 1.29 is 9.21 Å². The van der Waals surface area contributed by atoms with E-state index in [1.165, 1.54) is 11.1 Å². The first-order valence-corrected chi connectivity index (χ1v) is 7.71. The molecule has 0 aliphatic carbocycles. The molecular weight excluding hydrogens is 270 g/mol. The molecule has 20 heavy (non-hydrogen) atoms. The Kier molecular flexibility index (Phi) is 5.30. The summed E-state index contributed by atoms with van der Waals surface area (Å²) in [5.74, 6) is 2.29. The third-order valence-corrected chi connectivity index (χ3v) is 4.11. The van der Waals surface area contributed by atoms with Gasteiger partial charge in [0, 0.05) is 12.8 Å². The number of furan rings is 1. The molecule has 0 radical (unpaired) electrons. The lowest BCUT2D eigenvalue weighted by Crippen LogP contribution is -2.27. The average molecular weight is 289 g/mol. The van der Waals surface area contributed by atoms with Crippen LogP contribution in [-0.2, 0) is 17.1 Å². The molecule has 0 atom stereocenters. The highest BCUT2D eigenvalue weighted by Gasteiger charge is 2.10. The van der Waals surface area contributed by atoms with Crippen molar-refractivity contribution in [2.45, 2.75) is 19.2 Å². The van der Waals surface area contributed by atoms with Gasteiger partial charge in [-0.25, -0.2) is 0 Å². The van der Waals surface area contributed by atoms with Crippen LogP contribution in [-0.4, -0.2) is 23.6 Å². The van der Waals surface area contributed by atoms with E-state index in [-0.39, 0.29) is 5.91 Å². The standard InChI is InChI=1S/C16H19NO2S/c1-13-6-3-4-7-14(13)11-20-12-16(18)17(2)10-15-8-5-9-19-15/h3-9H,10-12H2,1-2H3.